The Morgan fingerprint density at radius 2 is 1.84 bits per heavy atom. The Kier molecular flexibility index (Phi) is 8.32. The average Bonchev–Trinajstić information content (AvgIpc) is 3.73. The van der Waals surface area contributed by atoms with E-state index in [9.17, 15) is 14.4 Å². The Morgan fingerprint density at radius 3 is 2.50 bits per heavy atom. The molecule has 1 saturated carbocycles. The lowest BCUT2D eigenvalue weighted by Gasteiger charge is -2.14. The number of allylic oxidation sites excluding steroid dienone is 1. The van der Waals surface area contributed by atoms with Gasteiger partial charge >= 0.3 is 6.09 Å². The zero-order valence-electron chi connectivity index (χ0n) is 21.1. The van der Waals surface area contributed by atoms with Gasteiger partial charge in [-0.25, -0.2) is 9.78 Å². The summed E-state index contributed by atoms with van der Waals surface area (Å²) in [5.74, 6) is -0.0628. The minimum atomic E-state index is -0.779. The first kappa shape index (κ1) is 26.3. The van der Waals surface area contributed by atoms with E-state index >= 15 is 0 Å². The molecule has 0 radical (unpaired) electrons. The van der Waals surface area contributed by atoms with Crippen molar-refractivity contribution in [3.05, 3.63) is 100 Å². The number of aromatic nitrogens is 2. The molecule has 1 heterocycles. The van der Waals surface area contributed by atoms with Crippen molar-refractivity contribution >= 4 is 29.2 Å². The molecule has 1 aliphatic rings. The molecule has 0 bridgehead atoms. The van der Waals surface area contributed by atoms with Gasteiger partial charge in [-0.05, 0) is 36.5 Å². The van der Waals surface area contributed by atoms with Crippen LogP contribution in [0.3, 0.4) is 0 Å². The SMILES string of the molecule is C=C(C)c1cnc(NC2CC2)c(=O)n1CC(=O)NCc1ccc(/C(N)=N\C(=O)OCc2ccccc2)cc1. The van der Waals surface area contributed by atoms with Crippen LogP contribution >= 0.6 is 0 Å². The van der Waals surface area contributed by atoms with Crippen molar-refractivity contribution in [2.45, 2.75) is 45.5 Å². The second-order valence-electron chi connectivity index (χ2n) is 9.09. The van der Waals surface area contributed by atoms with E-state index < -0.39 is 6.09 Å². The molecule has 0 saturated heterocycles. The summed E-state index contributed by atoms with van der Waals surface area (Å²) < 4.78 is 6.51. The van der Waals surface area contributed by atoms with Crippen LogP contribution < -0.4 is 21.9 Å². The zero-order valence-corrected chi connectivity index (χ0v) is 21.1. The van der Waals surface area contributed by atoms with Gasteiger partial charge in [-0.1, -0.05) is 61.2 Å². The van der Waals surface area contributed by atoms with E-state index in [1.807, 2.05) is 30.3 Å². The molecule has 1 aromatic heterocycles. The lowest BCUT2D eigenvalue weighted by Crippen LogP contribution is -2.35. The van der Waals surface area contributed by atoms with E-state index in [0.29, 0.717) is 16.8 Å². The molecule has 0 atom stereocenters. The molecule has 0 aliphatic heterocycles. The number of carbonyl (C=O) groups excluding carboxylic acids is 2. The number of hydrogen-bond acceptors (Lipinski definition) is 6. The van der Waals surface area contributed by atoms with Gasteiger partial charge in [0.15, 0.2) is 5.82 Å². The minimum Gasteiger partial charge on any atom is -0.443 e. The molecule has 4 rings (SSSR count). The summed E-state index contributed by atoms with van der Waals surface area (Å²) in [5.41, 5.74) is 8.94. The van der Waals surface area contributed by atoms with Crippen LogP contribution in [-0.2, 0) is 29.2 Å². The first-order chi connectivity index (χ1) is 18.3. The molecule has 196 valence electrons. The van der Waals surface area contributed by atoms with E-state index in [2.05, 4.69) is 27.2 Å². The number of amides is 2. The standard InChI is InChI=1S/C28H30N6O4/c1-18(2)23-15-31-26(32-22-12-13-22)27(36)34(23)16-24(35)30-14-19-8-10-21(11-9-19)25(29)33-28(37)38-17-20-6-4-3-5-7-20/h3-11,15,22H,1,12-14,16-17H2,2H3,(H,30,35)(H,31,32)(H2,29,33,37). The second kappa shape index (κ2) is 12.0. The fourth-order valence-corrected chi connectivity index (χ4v) is 3.61. The Morgan fingerprint density at radius 1 is 1.13 bits per heavy atom. The number of anilines is 1. The molecule has 0 unspecified atom stereocenters. The fraction of sp³-hybridized carbons (Fsp3) is 0.250. The van der Waals surface area contributed by atoms with Gasteiger partial charge in [0.2, 0.25) is 5.91 Å². The van der Waals surface area contributed by atoms with Gasteiger partial charge in [-0.3, -0.25) is 14.2 Å². The molecule has 2 amide bonds. The number of nitrogens with one attached hydrogen (secondary N) is 2. The Labute approximate surface area is 220 Å². The van der Waals surface area contributed by atoms with Gasteiger partial charge in [0.05, 0.1) is 11.9 Å². The van der Waals surface area contributed by atoms with Crippen molar-refractivity contribution in [2.75, 3.05) is 5.32 Å². The number of amidine groups is 1. The summed E-state index contributed by atoms with van der Waals surface area (Å²) in [6, 6.07) is 16.5. The monoisotopic (exact) mass is 514 g/mol. The Bertz CT molecular complexity index is 1410. The third-order valence-corrected chi connectivity index (χ3v) is 5.87. The van der Waals surface area contributed by atoms with Gasteiger partial charge in [0.1, 0.15) is 19.0 Å². The molecule has 38 heavy (non-hydrogen) atoms. The molecule has 10 nitrogen and oxygen atoms in total. The van der Waals surface area contributed by atoms with Crippen molar-refractivity contribution in [3.8, 4) is 0 Å². The summed E-state index contributed by atoms with van der Waals surface area (Å²) in [7, 11) is 0. The zero-order chi connectivity index (χ0) is 27.1. The van der Waals surface area contributed by atoms with Crippen LogP contribution in [0.1, 0.15) is 42.1 Å². The average molecular weight is 515 g/mol. The van der Waals surface area contributed by atoms with Crippen LogP contribution in [0.15, 0.2) is 77.2 Å². The molecule has 1 aliphatic carbocycles. The van der Waals surface area contributed by atoms with Gasteiger partial charge < -0.3 is 21.1 Å². The molecular weight excluding hydrogens is 484 g/mol. The first-order valence-electron chi connectivity index (χ1n) is 12.2. The normalized spacial score (nSPS) is 13.0. The van der Waals surface area contributed by atoms with Crippen LogP contribution in [0.5, 0.6) is 0 Å². The quantitative estimate of drug-likeness (QED) is 0.279. The number of benzene rings is 2. The highest BCUT2D eigenvalue weighted by molar-refractivity contribution is 6.02. The summed E-state index contributed by atoms with van der Waals surface area (Å²) in [5, 5.41) is 5.93. The minimum absolute atomic E-state index is 0.0265. The van der Waals surface area contributed by atoms with Gasteiger partial charge in [0, 0.05) is 18.2 Å². The summed E-state index contributed by atoms with van der Waals surface area (Å²) in [6.07, 6.45) is 2.78. The summed E-state index contributed by atoms with van der Waals surface area (Å²) in [4.78, 5) is 45.6. The number of rotatable bonds is 10. The molecule has 10 heteroatoms. The van der Waals surface area contributed by atoms with Crippen molar-refractivity contribution in [1.29, 1.82) is 0 Å². The first-order valence-corrected chi connectivity index (χ1v) is 12.2. The van der Waals surface area contributed by atoms with E-state index in [4.69, 9.17) is 10.5 Å². The van der Waals surface area contributed by atoms with Crippen LogP contribution in [0, 0.1) is 0 Å². The van der Waals surface area contributed by atoms with E-state index in [0.717, 1.165) is 24.0 Å². The lowest BCUT2D eigenvalue weighted by atomic mass is 10.1. The highest BCUT2D eigenvalue weighted by Gasteiger charge is 2.24. The smallest absolute Gasteiger partial charge is 0.435 e. The highest BCUT2D eigenvalue weighted by Crippen LogP contribution is 2.22. The number of hydrogen-bond donors (Lipinski definition) is 3. The number of ether oxygens (including phenoxy) is 1. The largest absolute Gasteiger partial charge is 0.443 e. The van der Waals surface area contributed by atoms with Gasteiger partial charge in [0.25, 0.3) is 5.56 Å². The highest BCUT2D eigenvalue weighted by atomic mass is 16.5. The summed E-state index contributed by atoms with van der Waals surface area (Å²) in [6.45, 7) is 5.84. The third-order valence-electron chi connectivity index (χ3n) is 5.87. The predicted molar refractivity (Wildman–Crippen MR) is 145 cm³/mol. The van der Waals surface area contributed by atoms with Crippen LogP contribution in [0.2, 0.25) is 0 Å². The second-order valence-corrected chi connectivity index (χ2v) is 9.09. The fourth-order valence-electron chi connectivity index (χ4n) is 3.61. The van der Waals surface area contributed by atoms with Crippen molar-refractivity contribution in [1.82, 2.24) is 14.9 Å². The molecule has 1 fully saturated rings. The van der Waals surface area contributed by atoms with E-state index in [-0.39, 0.29) is 48.9 Å². The molecule has 4 N–H and O–H groups in total. The molecule has 3 aromatic rings. The maximum Gasteiger partial charge on any atom is 0.435 e. The van der Waals surface area contributed by atoms with Crippen molar-refractivity contribution < 1.29 is 14.3 Å². The number of aliphatic imine (C=N–C) groups is 1. The molecule has 0 spiro atoms. The van der Waals surface area contributed by atoms with E-state index in [1.165, 1.54) is 4.57 Å². The maximum absolute atomic E-state index is 12.9. The molecular formula is C28H30N6O4. The lowest BCUT2D eigenvalue weighted by molar-refractivity contribution is -0.121. The van der Waals surface area contributed by atoms with Gasteiger partial charge in [-0.15, -0.1) is 0 Å². The van der Waals surface area contributed by atoms with Gasteiger partial charge in [-0.2, -0.15) is 4.99 Å². The molecule has 2 aromatic carbocycles. The predicted octanol–water partition coefficient (Wildman–Crippen LogP) is 3.21. The number of nitrogens with zero attached hydrogens (tertiary/aromatic N) is 3. The van der Waals surface area contributed by atoms with Crippen molar-refractivity contribution in [2.24, 2.45) is 10.7 Å². The topological polar surface area (TPSA) is 141 Å². The Hall–Kier alpha value is -4.73. The number of nitrogens with two attached hydrogens (primary N) is 1. The Balaban J connectivity index is 1.32. The maximum atomic E-state index is 12.9. The third kappa shape index (κ3) is 7.16. The van der Waals surface area contributed by atoms with Crippen molar-refractivity contribution in [3.63, 3.8) is 0 Å². The van der Waals surface area contributed by atoms with Crippen LogP contribution in [0.25, 0.3) is 5.57 Å². The van der Waals surface area contributed by atoms with E-state index in [1.54, 1.807) is 37.4 Å². The summed E-state index contributed by atoms with van der Waals surface area (Å²) >= 11 is 0. The van der Waals surface area contributed by atoms with Crippen LogP contribution in [-0.4, -0.2) is 33.4 Å². The number of carbonyl (C=O) groups is 2. The van der Waals surface area contributed by atoms with Crippen LogP contribution in [0.4, 0.5) is 10.6 Å².